The van der Waals surface area contributed by atoms with Gasteiger partial charge in [0.15, 0.2) is 0 Å². The van der Waals surface area contributed by atoms with Crippen LogP contribution in [0.5, 0.6) is 0 Å². The predicted octanol–water partition coefficient (Wildman–Crippen LogP) is 5.06. The van der Waals surface area contributed by atoms with Crippen molar-refractivity contribution in [1.29, 1.82) is 0 Å². The van der Waals surface area contributed by atoms with Gasteiger partial charge < -0.3 is 19.0 Å². The Bertz CT molecular complexity index is 1130. The number of rotatable bonds is 9. The smallest absolute Gasteiger partial charge is 0.329 e. The number of nitrogens with zero attached hydrogens (tertiary/aromatic N) is 2. The van der Waals surface area contributed by atoms with Crippen molar-refractivity contribution >= 4 is 11.7 Å². The van der Waals surface area contributed by atoms with Gasteiger partial charge in [-0.3, -0.25) is 0 Å². The van der Waals surface area contributed by atoms with Crippen molar-refractivity contribution in [2.24, 2.45) is 0 Å². The molecule has 2 heterocycles. The summed E-state index contributed by atoms with van der Waals surface area (Å²) in [7, 11) is 1.42. The molecule has 2 aromatic carbocycles. The topological polar surface area (TPSA) is 69.3 Å². The van der Waals surface area contributed by atoms with Crippen molar-refractivity contribution in [3.63, 3.8) is 0 Å². The quantitative estimate of drug-likeness (QED) is 0.377. The summed E-state index contributed by atoms with van der Waals surface area (Å²) in [6.45, 7) is 2.70. The monoisotopic (exact) mass is 429 g/mol. The lowest BCUT2D eigenvalue weighted by Crippen LogP contribution is -2.22. The summed E-state index contributed by atoms with van der Waals surface area (Å²) in [5, 5.41) is 3.43. The van der Waals surface area contributed by atoms with Crippen molar-refractivity contribution in [3.05, 3.63) is 96.1 Å². The lowest BCUT2D eigenvalue weighted by atomic mass is 10.1. The Balaban J connectivity index is 1.33. The van der Waals surface area contributed by atoms with E-state index in [1.807, 2.05) is 90.6 Å². The fraction of sp³-hybridized carbons (Fsp3) is 0.231. The van der Waals surface area contributed by atoms with E-state index in [9.17, 15) is 4.79 Å². The van der Waals surface area contributed by atoms with Gasteiger partial charge in [0.2, 0.25) is 5.89 Å². The zero-order chi connectivity index (χ0) is 22.3. The molecular formula is C26H27N3O3. The fourth-order valence-corrected chi connectivity index (χ4v) is 3.67. The Hall–Kier alpha value is -3.80. The standard InChI is InChI=1S/C26H27N3O3/c1-19-23(28-25(32-19)21-8-4-3-5-9-21)14-15-27-22-12-10-20(11-13-22)18-24(26(30)31-2)29-16-6-7-17-29/h3-13,16-17,24,27H,14-15,18H2,1-2H3. The molecule has 0 aliphatic heterocycles. The van der Waals surface area contributed by atoms with Crippen LogP contribution >= 0.6 is 0 Å². The summed E-state index contributed by atoms with van der Waals surface area (Å²) in [5.74, 6) is 1.26. The number of carbonyl (C=O) groups is 1. The molecule has 0 saturated heterocycles. The number of hydrogen-bond acceptors (Lipinski definition) is 5. The molecule has 0 bridgehead atoms. The van der Waals surface area contributed by atoms with Crippen molar-refractivity contribution in [3.8, 4) is 11.5 Å². The summed E-state index contributed by atoms with van der Waals surface area (Å²) < 4.78 is 12.7. The van der Waals surface area contributed by atoms with Crippen LogP contribution in [0, 0.1) is 6.92 Å². The van der Waals surface area contributed by atoms with E-state index < -0.39 is 0 Å². The molecule has 1 atom stereocenters. The van der Waals surface area contributed by atoms with Crippen LogP contribution in [0.4, 0.5) is 5.69 Å². The average Bonchev–Trinajstić information content (AvgIpc) is 3.49. The van der Waals surface area contributed by atoms with Gasteiger partial charge in [-0.15, -0.1) is 0 Å². The first-order valence-electron chi connectivity index (χ1n) is 10.7. The maximum Gasteiger partial charge on any atom is 0.329 e. The molecule has 2 aromatic heterocycles. The van der Waals surface area contributed by atoms with Gasteiger partial charge in [-0.25, -0.2) is 9.78 Å². The minimum Gasteiger partial charge on any atom is -0.467 e. The lowest BCUT2D eigenvalue weighted by Gasteiger charge is -2.17. The van der Waals surface area contributed by atoms with Gasteiger partial charge in [0, 0.05) is 43.0 Å². The van der Waals surface area contributed by atoms with Gasteiger partial charge >= 0.3 is 5.97 Å². The zero-order valence-corrected chi connectivity index (χ0v) is 18.3. The van der Waals surface area contributed by atoms with Gasteiger partial charge in [-0.2, -0.15) is 0 Å². The minimum absolute atomic E-state index is 0.249. The number of aryl methyl sites for hydroxylation is 1. The number of ether oxygens (including phenoxy) is 1. The average molecular weight is 430 g/mol. The van der Waals surface area contributed by atoms with Gasteiger partial charge in [-0.1, -0.05) is 30.3 Å². The second-order valence-electron chi connectivity index (χ2n) is 7.63. The largest absolute Gasteiger partial charge is 0.467 e. The molecule has 0 radical (unpaired) electrons. The van der Waals surface area contributed by atoms with E-state index >= 15 is 0 Å². The first kappa shape index (κ1) is 21.4. The van der Waals surface area contributed by atoms with Gasteiger partial charge in [-0.05, 0) is 48.9 Å². The van der Waals surface area contributed by atoms with Gasteiger partial charge in [0.1, 0.15) is 11.8 Å². The Morgan fingerprint density at radius 1 is 1.06 bits per heavy atom. The Morgan fingerprint density at radius 2 is 1.78 bits per heavy atom. The number of methoxy groups -OCH3 is 1. The molecule has 164 valence electrons. The summed E-state index contributed by atoms with van der Waals surface area (Å²) in [6, 6.07) is 21.5. The number of esters is 1. The fourth-order valence-electron chi connectivity index (χ4n) is 3.67. The maximum atomic E-state index is 12.2. The molecule has 1 unspecified atom stereocenters. The molecule has 0 spiro atoms. The first-order valence-corrected chi connectivity index (χ1v) is 10.7. The third kappa shape index (κ3) is 5.09. The third-order valence-electron chi connectivity index (χ3n) is 5.45. The van der Waals surface area contributed by atoms with Crippen LogP contribution in [0.25, 0.3) is 11.5 Å². The molecule has 6 nitrogen and oxygen atoms in total. The van der Waals surface area contributed by atoms with Crippen molar-refractivity contribution < 1.29 is 13.9 Å². The van der Waals surface area contributed by atoms with E-state index in [0.29, 0.717) is 12.3 Å². The summed E-state index contributed by atoms with van der Waals surface area (Å²) in [5.41, 5.74) is 4.03. The second kappa shape index (κ2) is 10.0. The van der Waals surface area contributed by atoms with Crippen LogP contribution < -0.4 is 5.32 Å². The number of benzene rings is 2. The molecule has 6 heteroatoms. The molecule has 0 aliphatic carbocycles. The lowest BCUT2D eigenvalue weighted by molar-refractivity contribution is -0.144. The highest BCUT2D eigenvalue weighted by Crippen LogP contribution is 2.22. The normalized spacial score (nSPS) is 11.8. The van der Waals surface area contributed by atoms with E-state index in [4.69, 9.17) is 9.15 Å². The zero-order valence-electron chi connectivity index (χ0n) is 18.3. The van der Waals surface area contributed by atoms with Crippen LogP contribution in [0.15, 0.2) is 83.5 Å². The summed E-state index contributed by atoms with van der Waals surface area (Å²) >= 11 is 0. The van der Waals surface area contributed by atoms with E-state index in [0.717, 1.165) is 41.2 Å². The first-order chi connectivity index (χ1) is 15.6. The predicted molar refractivity (Wildman–Crippen MR) is 125 cm³/mol. The van der Waals surface area contributed by atoms with Gasteiger partial charge in [0.05, 0.1) is 12.8 Å². The summed E-state index contributed by atoms with van der Waals surface area (Å²) in [4.78, 5) is 16.9. The SMILES string of the molecule is COC(=O)C(Cc1ccc(NCCc2nc(-c3ccccc3)oc2C)cc1)n1cccc1. The number of aromatic nitrogens is 2. The van der Waals surface area contributed by atoms with Crippen LogP contribution in [0.1, 0.15) is 23.1 Å². The van der Waals surface area contributed by atoms with Crippen LogP contribution in [0.2, 0.25) is 0 Å². The van der Waals surface area contributed by atoms with Crippen LogP contribution in [0.3, 0.4) is 0 Å². The Kier molecular flexibility index (Phi) is 6.70. The third-order valence-corrected chi connectivity index (χ3v) is 5.45. The highest BCUT2D eigenvalue weighted by molar-refractivity contribution is 5.74. The van der Waals surface area contributed by atoms with Crippen molar-refractivity contribution in [2.75, 3.05) is 19.0 Å². The molecule has 32 heavy (non-hydrogen) atoms. The van der Waals surface area contributed by atoms with Gasteiger partial charge in [0.25, 0.3) is 0 Å². The molecule has 0 amide bonds. The van der Waals surface area contributed by atoms with Crippen LogP contribution in [-0.2, 0) is 22.4 Å². The Labute approximate surface area is 187 Å². The molecule has 0 fully saturated rings. The van der Waals surface area contributed by atoms with Crippen LogP contribution in [-0.4, -0.2) is 29.2 Å². The van der Waals surface area contributed by atoms with Crippen molar-refractivity contribution in [2.45, 2.75) is 25.8 Å². The molecular weight excluding hydrogens is 402 g/mol. The number of anilines is 1. The molecule has 4 rings (SSSR count). The van der Waals surface area contributed by atoms with E-state index in [2.05, 4.69) is 10.3 Å². The van der Waals surface area contributed by atoms with E-state index in [1.54, 1.807) is 0 Å². The highest BCUT2D eigenvalue weighted by atomic mass is 16.5. The minimum atomic E-state index is -0.372. The highest BCUT2D eigenvalue weighted by Gasteiger charge is 2.20. The van der Waals surface area contributed by atoms with E-state index in [-0.39, 0.29) is 12.0 Å². The second-order valence-corrected chi connectivity index (χ2v) is 7.63. The Morgan fingerprint density at radius 3 is 2.47 bits per heavy atom. The molecule has 1 N–H and O–H groups in total. The number of nitrogens with one attached hydrogen (secondary N) is 1. The number of carbonyl (C=O) groups excluding carboxylic acids is 1. The number of oxazole rings is 1. The maximum absolute atomic E-state index is 12.2. The molecule has 0 aliphatic rings. The number of hydrogen-bond donors (Lipinski definition) is 1. The summed E-state index contributed by atoms with van der Waals surface area (Å²) in [6.07, 6.45) is 5.10. The van der Waals surface area contributed by atoms with E-state index in [1.165, 1.54) is 7.11 Å². The molecule has 0 saturated carbocycles. The van der Waals surface area contributed by atoms with Crippen molar-refractivity contribution in [1.82, 2.24) is 9.55 Å². The molecule has 4 aromatic rings.